The molecule has 0 saturated heterocycles. The highest BCUT2D eigenvalue weighted by Gasteiger charge is 2.25. The van der Waals surface area contributed by atoms with Crippen LogP contribution in [0.3, 0.4) is 0 Å². The van der Waals surface area contributed by atoms with Crippen molar-refractivity contribution in [3.05, 3.63) is 12.7 Å². The summed E-state index contributed by atoms with van der Waals surface area (Å²) in [7, 11) is -1.71. The Bertz CT molecular complexity index is 239. The van der Waals surface area contributed by atoms with E-state index < -0.39 is 20.6 Å². The summed E-state index contributed by atoms with van der Waals surface area (Å²) in [6.45, 7) is 11.7. The van der Waals surface area contributed by atoms with Crippen LogP contribution >= 0.6 is 0 Å². The van der Waals surface area contributed by atoms with Crippen LogP contribution in [0.25, 0.3) is 0 Å². The van der Waals surface area contributed by atoms with E-state index in [1.807, 2.05) is 0 Å². The summed E-state index contributed by atoms with van der Waals surface area (Å²) >= 11 is 0. The molecular formula is C13H26O3Si. The second kappa shape index (κ2) is 8.47. The van der Waals surface area contributed by atoms with Crippen LogP contribution in [0.2, 0.25) is 19.1 Å². The Morgan fingerprint density at radius 3 is 2.53 bits per heavy atom. The van der Waals surface area contributed by atoms with E-state index in [9.17, 15) is 4.79 Å². The largest absolute Gasteiger partial charge is 0.434 e. The summed E-state index contributed by atoms with van der Waals surface area (Å²) < 4.78 is 10.9. The van der Waals surface area contributed by atoms with Crippen molar-refractivity contribution in [2.24, 2.45) is 0 Å². The molecule has 4 heteroatoms. The zero-order valence-corrected chi connectivity index (χ0v) is 12.6. The molecule has 0 aromatic rings. The maximum atomic E-state index is 11.0. The third kappa shape index (κ3) is 9.12. The second-order valence-electron chi connectivity index (χ2n) is 4.90. The van der Waals surface area contributed by atoms with Crippen molar-refractivity contribution in [1.82, 2.24) is 0 Å². The zero-order valence-electron chi connectivity index (χ0n) is 11.6. The topological polar surface area (TPSA) is 35.5 Å². The third-order valence-electron chi connectivity index (χ3n) is 2.57. The molecule has 0 saturated carbocycles. The van der Waals surface area contributed by atoms with Gasteiger partial charge in [0.25, 0.3) is 0 Å². The number of hydrogen-bond donors (Lipinski definition) is 0. The number of carbonyl (C=O) groups is 1. The lowest BCUT2D eigenvalue weighted by atomic mass is 10.2. The number of unbranched alkanes of at least 4 members (excludes halogenated alkanes) is 3. The first-order valence-electron chi connectivity index (χ1n) is 6.42. The molecule has 0 fully saturated rings. The molecule has 17 heavy (non-hydrogen) atoms. The zero-order chi connectivity index (χ0) is 13.3. The van der Waals surface area contributed by atoms with E-state index in [4.69, 9.17) is 9.16 Å². The molecule has 0 amide bonds. The van der Waals surface area contributed by atoms with Crippen LogP contribution in [0.5, 0.6) is 0 Å². The fraction of sp³-hybridized carbons (Fsp3) is 0.769. The molecule has 1 unspecified atom stereocenters. The smallest absolute Gasteiger partial charge is 0.332 e. The highest BCUT2D eigenvalue weighted by molar-refractivity contribution is 6.71. The number of carbonyl (C=O) groups excluding carboxylic acids is 1. The van der Waals surface area contributed by atoms with Gasteiger partial charge >= 0.3 is 5.97 Å². The molecule has 0 aromatic carbocycles. The van der Waals surface area contributed by atoms with Crippen LogP contribution in [-0.4, -0.2) is 20.6 Å². The number of rotatable bonds is 9. The summed E-state index contributed by atoms with van der Waals surface area (Å²) in [5.41, 5.74) is 0. The van der Waals surface area contributed by atoms with Gasteiger partial charge in [0.15, 0.2) is 14.6 Å². The predicted octanol–water partition coefficient (Wildman–Crippen LogP) is 3.86. The van der Waals surface area contributed by atoms with Crippen molar-refractivity contribution in [3.8, 4) is 0 Å². The van der Waals surface area contributed by atoms with Gasteiger partial charge in [0.2, 0.25) is 0 Å². The third-order valence-corrected chi connectivity index (χ3v) is 5.09. The Morgan fingerprint density at radius 1 is 1.35 bits per heavy atom. The van der Waals surface area contributed by atoms with Crippen molar-refractivity contribution in [2.75, 3.05) is 0 Å². The number of ether oxygens (including phenoxy) is 1. The molecule has 0 aromatic heterocycles. The van der Waals surface area contributed by atoms with Crippen molar-refractivity contribution >= 4 is 14.3 Å². The summed E-state index contributed by atoms with van der Waals surface area (Å²) in [5.74, 6) is -0.423. The summed E-state index contributed by atoms with van der Waals surface area (Å²) in [4.78, 5) is 11.0. The molecule has 3 nitrogen and oxygen atoms in total. The summed E-state index contributed by atoms with van der Waals surface area (Å²) in [5, 5.41) is 0. The Labute approximate surface area is 106 Å². The lowest BCUT2D eigenvalue weighted by Crippen LogP contribution is -2.36. The van der Waals surface area contributed by atoms with Crippen molar-refractivity contribution in [3.63, 3.8) is 0 Å². The molecule has 0 spiro atoms. The molecule has 0 bridgehead atoms. The maximum absolute atomic E-state index is 11.0. The summed E-state index contributed by atoms with van der Waals surface area (Å²) in [6, 6.07) is 1.11. The average Bonchev–Trinajstić information content (AvgIpc) is 2.23. The van der Waals surface area contributed by atoms with Gasteiger partial charge in [-0.15, -0.1) is 0 Å². The minimum Gasteiger partial charge on any atom is -0.434 e. The molecule has 0 aliphatic rings. The van der Waals surface area contributed by atoms with Crippen LogP contribution in [0.15, 0.2) is 12.7 Å². The van der Waals surface area contributed by atoms with Gasteiger partial charge in [0.1, 0.15) is 0 Å². The van der Waals surface area contributed by atoms with E-state index in [2.05, 4.69) is 26.6 Å². The van der Waals surface area contributed by atoms with E-state index in [0.717, 1.165) is 12.1 Å². The predicted molar refractivity (Wildman–Crippen MR) is 73.3 cm³/mol. The summed E-state index contributed by atoms with van der Waals surface area (Å²) in [6.07, 6.45) is 5.69. The molecular weight excluding hydrogens is 232 g/mol. The van der Waals surface area contributed by atoms with E-state index in [0.29, 0.717) is 0 Å². The Morgan fingerprint density at radius 2 is 2.00 bits per heavy atom. The van der Waals surface area contributed by atoms with Gasteiger partial charge in [-0.05, 0) is 26.1 Å². The van der Waals surface area contributed by atoms with Gasteiger partial charge in [-0.2, -0.15) is 0 Å². The van der Waals surface area contributed by atoms with Gasteiger partial charge < -0.3 is 9.16 Å². The number of esters is 1. The molecule has 0 N–H and O–H groups in total. The average molecular weight is 258 g/mol. The first-order chi connectivity index (χ1) is 7.91. The standard InChI is InChI=1S/C13H26O3Si/c1-6-8-9-10-11-17(4,5)16-12(3)15-13(14)7-2/h7,12H,2,6,8-11H2,1,3-5H3. The highest BCUT2D eigenvalue weighted by Crippen LogP contribution is 2.18. The van der Waals surface area contributed by atoms with E-state index in [1.165, 1.54) is 25.7 Å². The molecule has 0 aliphatic heterocycles. The quantitative estimate of drug-likeness (QED) is 0.207. The molecule has 0 heterocycles. The van der Waals surface area contributed by atoms with Gasteiger partial charge in [-0.25, -0.2) is 4.79 Å². The van der Waals surface area contributed by atoms with E-state index in [1.54, 1.807) is 6.92 Å². The molecule has 0 aliphatic carbocycles. The molecule has 0 rings (SSSR count). The minimum atomic E-state index is -1.71. The van der Waals surface area contributed by atoms with E-state index >= 15 is 0 Å². The lowest BCUT2D eigenvalue weighted by Gasteiger charge is -2.26. The Kier molecular flexibility index (Phi) is 8.17. The SMILES string of the molecule is C=CC(=O)OC(C)O[Si](C)(C)CCCCCC. The van der Waals surface area contributed by atoms with E-state index in [-0.39, 0.29) is 0 Å². The fourth-order valence-corrected chi connectivity index (χ4v) is 3.89. The molecule has 100 valence electrons. The normalized spacial score (nSPS) is 13.2. The number of hydrogen-bond acceptors (Lipinski definition) is 3. The Balaban J connectivity index is 3.89. The second-order valence-corrected chi connectivity index (χ2v) is 9.15. The van der Waals surface area contributed by atoms with Crippen molar-refractivity contribution in [1.29, 1.82) is 0 Å². The van der Waals surface area contributed by atoms with Gasteiger partial charge in [0, 0.05) is 6.08 Å². The van der Waals surface area contributed by atoms with Gasteiger partial charge in [-0.1, -0.05) is 39.2 Å². The minimum absolute atomic E-state index is 0.423. The monoisotopic (exact) mass is 258 g/mol. The van der Waals surface area contributed by atoms with Crippen LogP contribution in [0.4, 0.5) is 0 Å². The van der Waals surface area contributed by atoms with Crippen LogP contribution in [0, 0.1) is 0 Å². The van der Waals surface area contributed by atoms with Crippen molar-refractivity contribution < 1.29 is 14.0 Å². The highest BCUT2D eigenvalue weighted by atomic mass is 28.4. The van der Waals surface area contributed by atoms with Crippen molar-refractivity contribution in [2.45, 2.75) is 65.0 Å². The molecule has 0 radical (unpaired) electrons. The fourth-order valence-electron chi connectivity index (χ4n) is 1.72. The van der Waals surface area contributed by atoms with Crippen LogP contribution in [0.1, 0.15) is 39.5 Å². The first kappa shape index (κ1) is 16.4. The maximum Gasteiger partial charge on any atom is 0.332 e. The lowest BCUT2D eigenvalue weighted by molar-refractivity contribution is -0.155. The molecule has 1 atom stereocenters. The first-order valence-corrected chi connectivity index (χ1v) is 9.53. The van der Waals surface area contributed by atoms with Gasteiger partial charge in [-0.3, -0.25) is 0 Å². The van der Waals surface area contributed by atoms with Crippen LogP contribution in [-0.2, 0) is 14.0 Å². The van der Waals surface area contributed by atoms with Crippen LogP contribution < -0.4 is 0 Å². The van der Waals surface area contributed by atoms with Gasteiger partial charge in [0.05, 0.1) is 0 Å². The Hall–Kier alpha value is -0.613.